The molecule has 0 aromatic heterocycles. The lowest BCUT2D eigenvalue weighted by Gasteiger charge is -2.07. The van der Waals surface area contributed by atoms with Gasteiger partial charge in [-0.15, -0.1) is 0 Å². The van der Waals surface area contributed by atoms with Gasteiger partial charge in [-0.1, -0.05) is 0 Å². The Morgan fingerprint density at radius 2 is 1.95 bits per heavy atom. The van der Waals surface area contributed by atoms with Crippen molar-refractivity contribution in [3.8, 4) is 11.5 Å². The normalized spacial score (nSPS) is 17.6. The van der Waals surface area contributed by atoms with Crippen LogP contribution in [-0.4, -0.2) is 28.3 Å². The summed E-state index contributed by atoms with van der Waals surface area (Å²) >= 11 is 0. The Morgan fingerprint density at radius 1 is 1.30 bits per heavy atom. The van der Waals surface area contributed by atoms with E-state index in [-0.39, 0.29) is 11.3 Å². The molecule has 0 N–H and O–H groups in total. The standard InChI is InChI=1S/C11H8N2O7/c1-19-9-6(12(15)16)4-5-8(7(9)13(17)18)20-11(2-3-11)10(5)14/h4H,2-3H2,1H3. The number of nitro groups is 2. The Bertz CT molecular complexity index is 678. The van der Waals surface area contributed by atoms with Crippen LogP contribution in [0.15, 0.2) is 6.07 Å². The van der Waals surface area contributed by atoms with E-state index in [4.69, 9.17) is 9.47 Å². The van der Waals surface area contributed by atoms with Crippen LogP contribution in [0.2, 0.25) is 0 Å². The Morgan fingerprint density at radius 3 is 2.40 bits per heavy atom. The topological polar surface area (TPSA) is 122 Å². The Kier molecular flexibility index (Phi) is 2.25. The number of methoxy groups -OCH3 is 1. The van der Waals surface area contributed by atoms with E-state index in [1.165, 1.54) is 0 Å². The first-order valence-electron chi connectivity index (χ1n) is 5.69. The molecule has 3 rings (SSSR count). The molecule has 0 atom stereocenters. The number of carbonyl (C=O) groups excluding carboxylic acids is 1. The van der Waals surface area contributed by atoms with E-state index in [0.717, 1.165) is 13.2 Å². The van der Waals surface area contributed by atoms with Crippen LogP contribution < -0.4 is 9.47 Å². The predicted octanol–water partition coefficient (Wildman–Crippen LogP) is 1.62. The summed E-state index contributed by atoms with van der Waals surface area (Å²) in [6.45, 7) is 0. The molecule has 20 heavy (non-hydrogen) atoms. The Labute approximate surface area is 111 Å². The molecule has 104 valence electrons. The Hall–Kier alpha value is -2.71. The third-order valence-corrected chi connectivity index (χ3v) is 3.43. The zero-order chi connectivity index (χ0) is 14.7. The van der Waals surface area contributed by atoms with Gasteiger partial charge in [0.15, 0.2) is 5.60 Å². The number of ketones is 1. The molecular formula is C11H8N2O7. The molecule has 1 saturated carbocycles. The van der Waals surface area contributed by atoms with Gasteiger partial charge >= 0.3 is 11.4 Å². The van der Waals surface area contributed by atoms with Crippen molar-refractivity contribution in [2.75, 3.05) is 7.11 Å². The van der Waals surface area contributed by atoms with Gasteiger partial charge in [-0.3, -0.25) is 25.0 Å². The summed E-state index contributed by atoms with van der Waals surface area (Å²) in [5.41, 5.74) is -2.48. The second kappa shape index (κ2) is 3.65. The lowest BCUT2D eigenvalue weighted by atomic mass is 10.0. The zero-order valence-corrected chi connectivity index (χ0v) is 10.2. The molecule has 1 aromatic rings. The van der Waals surface area contributed by atoms with Crippen LogP contribution in [0.1, 0.15) is 23.2 Å². The molecule has 1 heterocycles. The minimum absolute atomic E-state index is 0.123. The van der Waals surface area contributed by atoms with Gasteiger partial charge in [0.2, 0.25) is 11.5 Å². The number of benzene rings is 1. The number of fused-ring (bicyclic) bond motifs is 1. The largest absolute Gasteiger partial charge is 0.485 e. The fraction of sp³-hybridized carbons (Fsp3) is 0.364. The number of nitrogens with zero attached hydrogens (tertiary/aromatic N) is 2. The highest BCUT2D eigenvalue weighted by atomic mass is 16.6. The minimum atomic E-state index is -1.06. The number of nitro benzene ring substituents is 2. The van der Waals surface area contributed by atoms with Crippen LogP contribution in [0.25, 0.3) is 0 Å². The molecular weight excluding hydrogens is 272 g/mol. The summed E-state index contributed by atoms with van der Waals surface area (Å²) in [5, 5.41) is 22.2. The molecule has 1 fully saturated rings. The van der Waals surface area contributed by atoms with Gasteiger partial charge in [0.25, 0.3) is 5.75 Å². The van der Waals surface area contributed by atoms with Crippen LogP contribution in [0, 0.1) is 20.2 Å². The molecule has 1 aliphatic carbocycles. The predicted molar refractivity (Wildman–Crippen MR) is 63.2 cm³/mol. The van der Waals surface area contributed by atoms with E-state index in [0.29, 0.717) is 12.8 Å². The fourth-order valence-electron chi connectivity index (χ4n) is 2.32. The van der Waals surface area contributed by atoms with Crippen LogP contribution >= 0.6 is 0 Å². The maximum absolute atomic E-state index is 12.1. The van der Waals surface area contributed by atoms with Crippen LogP contribution in [0.5, 0.6) is 11.5 Å². The van der Waals surface area contributed by atoms with Crippen molar-refractivity contribution in [1.82, 2.24) is 0 Å². The van der Waals surface area contributed by atoms with E-state index in [1.807, 2.05) is 0 Å². The average molecular weight is 280 g/mol. The molecule has 1 spiro atoms. The number of hydrogen-bond acceptors (Lipinski definition) is 7. The van der Waals surface area contributed by atoms with Crippen molar-refractivity contribution >= 4 is 17.2 Å². The number of carbonyl (C=O) groups is 1. The summed E-state index contributed by atoms with van der Waals surface area (Å²) in [5.74, 6) is -1.19. The fourth-order valence-corrected chi connectivity index (χ4v) is 2.32. The van der Waals surface area contributed by atoms with E-state index >= 15 is 0 Å². The maximum atomic E-state index is 12.1. The SMILES string of the molecule is COc1c([N+](=O)[O-])cc2c(c1[N+](=O)[O-])OC1(CC1)C2=O. The molecule has 1 aromatic carbocycles. The third-order valence-electron chi connectivity index (χ3n) is 3.43. The number of ether oxygens (including phenoxy) is 2. The molecule has 0 unspecified atom stereocenters. The highest BCUT2D eigenvalue weighted by Gasteiger charge is 2.60. The average Bonchev–Trinajstić information content (AvgIpc) is 3.11. The summed E-state index contributed by atoms with van der Waals surface area (Å²) in [6.07, 6.45) is 0.904. The number of hydrogen-bond donors (Lipinski definition) is 0. The van der Waals surface area contributed by atoms with E-state index < -0.39 is 38.4 Å². The zero-order valence-electron chi connectivity index (χ0n) is 10.2. The summed E-state index contributed by atoms with van der Waals surface area (Å²) < 4.78 is 10.2. The van der Waals surface area contributed by atoms with Crippen LogP contribution in [0.3, 0.4) is 0 Å². The highest BCUT2D eigenvalue weighted by Crippen LogP contribution is 2.56. The van der Waals surface area contributed by atoms with Crippen molar-refractivity contribution in [1.29, 1.82) is 0 Å². The van der Waals surface area contributed by atoms with Gasteiger partial charge in [0.1, 0.15) is 0 Å². The molecule has 1 aliphatic heterocycles. The molecule has 0 amide bonds. The summed E-state index contributed by atoms with van der Waals surface area (Å²) in [6, 6.07) is 0.983. The summed E-state index contributed by atoms with van der Waals surface area (Å²) in [7, 11) is 1.09. The molecule has 0 saturated heterocycles. The van der Waals surface area contributed by atoms with E-state index in [1.54, 1.807) is 0 Å². The highest BCUT2D eigenvalue weighted by molar-refractivity contribution is 6.11. The van der Waals surface area contributed by atoms with Gasteiger partial charge in [-0.25, -0.2) is 0 Å². The van der Waals surface area contributed by atoms with Crippen molar-refractivity contribution in [2.45, 2.75) is 18.4 Å². The van der Waals surface area contributed by atoms with Crippen molar-refractivity contribution in [2.24, 2.45) is 0 Å². The lowest BCUT2D eigenvalue weighted by molar-refractivity contribution is -0.396. The second-order valence-corrected chi connectivity index (χ2v) is 4.59. The summed E-state index contributed by atoms with van der Waals surface area (Å²) in [4.78, 5) is 32.6. The first kappa shape index (κ1) is 12.3. The monoisotopic (exact) mass is 280 g/mol. The molecule has 9 heteroatoms. The van der Waals surface area contributed by atoms with Gasteiger partial charge in [-0.2, -0.15) is 0 Å². The second-order valence-electron chi connectivity index (χ2n) is 4.59. The van der Waals surface area contributed by atoms with Crippen molar-refractivity contribution in [3.05, 3.63) is 31.9 Å². The van der Waals surface area contributed by atoms with Gasteiger partial charge < -0.3 is 9.47 Å². The molecule has 0 radical (unpaired) electrons. The Balaban J connectivity index is 2.33. The van der Waals surface area contributed by atoms with Crippen LogP contribution in [0.4, 0.5) is 11.4 Å². The van der Waals surface area contributed by atoms with Gasteiger partial charge in [0.05, 0.1) is 22.5 Å². The smallest absolute Gasteiger partial charge is 0.360 e. The third kappa shape index (κ3) is 1.40. The number of rotatable bonds is 3. The quantitative estimate of drug-likeness (QED) is 0.608. The van der Waals surface area contributed by atoms with Gasteiger partial charge in [-0.05, 0) is 12.8 Å². The van der Waals surface area contributed by atoms with E-state index in [2.05, 4.69) is 0 Å². The first-order chi connectivity index (χ1) is 9.41. The van der Waals surface area contributed by atoms with Crippen molar-refractivity contribution in [3.63, 3.8) is 0 Å². The molecule has 0 bridgehead atoms. The maximum Gasteiger partial charge on any atom is 0.360 e. The van der Waals surface area contributed by atoms with Crippen LogP contribution in [-0.2, 0) is 0 Å². The van der Waals surface area contributed by atoms with Gasteiger partial charge in [0, 0.05) is 6.07 Å². The molecule has 9 nitrogen and oxygen atoms in total. The number of Topliss-reactive ketones (excluding diaryl/α,β-unsaturated/α-hetero) is 1. The first-order valence-corrected chi connectivity index (χ1v) is 5.69. The minimum Gasteiger partial charge on any atom is -0.485 e. The molecule has 2 aliphatic rings. The van der Waals surface area contributed by atoms with E-state index in [9.17, 15) is 25.0 Å². The lowest BCUT2D eigenvalue weighted by Crippen LogP contribution is -2.21. The van der Waals surface area contributed by atoms with Crippen molar-refractivity contribution < 1.29 is 24.1 Å².